The Balaban J connectivity index is 2.02. The van der Waals surface area contributed by atoms with Crippen LogP contribution in [-0.4, -0.2) is 20.2 Å². The second-order valence-electron chi connectivity index (χ2n) is 5.25. The van der Waals surface area contributed by atoms with Gasteiger partial charge in [0.2, 0.25) is 0 Å². The molecular weight excluding hydrogens is 312 g/mol. The summed E-state index contributed by atoms with van der Waals surface area (Å²) in [6, 6.07) is 8.84. The molecule has 23 heavy (non-hydrogen) atoms. The number of nitro groups is 1. The fraction of sp³-hybridized carbons (Fsp3) is 0.125. The Morgan fingerprint density at radius 3 is 2.96 bits per heavy atom. The fourth-order valence-corrected chi connectivity index (χ4v) is 3.56. The maximum Gasteiger partial charge on any atom is 0.270 e. The lowest BCUT2D eigenvalue weighted by molar-refractivity contribution is -0.384. The number of nitrogens with zero attached hydrogens (tertiary/aromatic N) is 4. The van der Waals surface area contributed by atoms with Gasteiger partial charge in [-0.05, 0) is 24.4 Å². The third kappa shape index (κ3) is 2.17. The smallest absolute Gasteiger partial charge is 0.270 e. The second-order valence-corrected chi connectivity index (χ2v) is 6.20. The average molecular weight is 324 g/mol. The van der Waals surface area contributed by atoms with Crippen LogP contribution in [0.4, 0.5) is 5.69 Å². The summed E-state index contributed by atoms with van der Waals surface area (Å²) in [5.41, 5.74) is 3.47. The highest BCUT2D eigenvalue weighted by atomic mass is 32.1. The third-order valence-electron chi connectivity index (χ3n) is 3.83. The molecule has 0 N–H and O–H groups in total. The van der Waals surface area contributed by atoms with E-state index in [0.717, 1.165) is 33.4 Å². The van der Waals surface area contributed by atoms with E-state index < -0.39 is 0 Å². The number of imidazole rings is 1. The van der Waals surface area contributed by atoms with Gasteiger partial charge in [0.1, 0.15) is 5.82 Å². The number of thiophene rings is 1. The molecule has 4 rings (SSSR count). The number of rotatable bonds is 2. The van der Waals surface area contributed by atoms with Crippen molar-refractivity contribution < 1.29 is 4.92 Å². The van der Waals surface area contributed by atoms with Gasteiger partial charge in [-0.25, -0.2) is 4.98 Å². The Bertz CT molecular complexity index is 941. The van der Waals surface area contributed by atoms with Crippen LogP contribution < -0.4 is 0 Å². The van der Waals surface area contributed by atoms with E-state index in [1.807, 2.05) is 29.0 Å². The fourth-order valence-electron chi connectivity index (χ4n) is 2.81. The molecule has 3 aromatic rings. The lowest BCUT2D eigenvalue weighted by atomic mass is 10.0. The molecule has 0 saturated carbocycles. The lowest BCUT2D eigenvalue weighted by Crippen LogP contribution is -2.07. The van der Waals surface area contributed by atoms with Crippen molar-refractivity contribution in [3.05, 3.63) is 74.0 Å². The van der Waals surface area contributed by atoms with E-state index in [0.29, 0.717) is 6.54 Å². The van der Waals surface area contributed by atoms with Gasteiger partial charge in [-0.1, -0.05) is 6.07 Å². The van der Waals surface area contributed by atoms with Crippen LogP contribution in [0.15, 0.2) is 46.9 Å². The maximum atomic E-state index is 11.2. The van der Waals surface area contributed by atoms with Crippen molar-refractivity contribution in [1.82, 2.24) is 9.55 Å². The van der Waals surface area contributed by atoms with E-state index in [2.05, 4.69) is 9.98 Å². The Kier molecular flexibility index (Phi) is 3.09. The van der Waals surface area contributed by atoms with Gasteiger partial charge >= 0.3 is 0 Å². The van der Waals surface area contributed by atoms with Gasteiger partial charge < -0.3 is 0 Å². The Morgan fingerprint density at radius 1 is 1.35 bits per heavy atom. The van der Waals surface area contributed by atoms with Gasteiger partial charge in [-0.15, -0.1) is 11.3 Å². The predicted molar refractivity (Wildman–Crippen MR) is 88.6 cm³/mol. The van der Waals surface area contributed by atoms with Crippen molar-refractivity contribution in [3.8, 4) is 5.69 Å². The molecule has 3 heterocycles. The predicted octanol–water partition coefficient (Wildman–Crippen LogP) is 3.50. The van der Waals surface area contributed by atoms with Gasteiger partial charge in [-0.2, -0.15) is 0 Å². The molecule has 0 fully saturated rings. The maximum absolute atomic E-state index is 11.2. The minimum atomic E-state index is -0.376. The largest absolute Gasteiger partial charge is 0.299 e. The molecule has 6 nitrogen and oxygen atoms in total. The summed E-state index contributed by atoms with van der Waals surface area (Å²) in [4.78, 5) is 20.9. The first-order chi connectivity index (χ1) is 11.1. The highest BCUT2D eigenvalue weighted by Crippen LogP contribution is 2.30. The second kappa shape index (κ2) is 5.13. The minimum Gasteiger partial charge on any atom is -0.299 e. The summed E-state index contributed by atoms with van der Waals surface area (Å²) in [7, 11) is 0. The Morgan fingerprint density at radius 2 is 2.22 bits per heavy atom. The van der Waals surface area contributed by atoms with Crippen LogP contribution in [-0.2, 0) is 6.54 Å². The first-order valence-electron chi connectivity index (χ1n) is 7.06. The van der Waals surface area contributed by atoms with Crippen LogP contribution in [0.1, 0.15) is 22.0 Å². The lowest BCUT2D eigenvalue weighted by Gasteiger charge is -2.12. The van der Waals surface area contributed by atoms with Crippen molar-refractivity contribution in [2.75, 3.05) is 0 Å². The van der Waals surface area contributed by atoms with Crippen LogP contribution in [0.2, 0.25) is 0 Å². The first kappa shape index (κ1) is 13.8. The standard InChI is InChI=1S/C16H12N4O2S/c1-10-8-17-15-9-18-16(14-3-2-6-23-14)12-7-11(20(21)22)4-5-13(12)19(10)15/h2-8H,9H2,1H3. The van der Waals surface area contributed by atoms with Gasteiger partial charge in [0.25, 0.3) is 5.69 Å². The number of benzene rings is 1. The molecule has 0 bridgehead atoms. The molecule has 0 atom stereocenters. The number of aliphatic imine (C=N–C) groups is 1. The monoisotopic (exact) mass is 324 g/mol. The summed E-state index contributed by atoms with van der Waals surface area (Å²) >= 11 is 1.57. The van der Waals surface area contributed by atoms with E-state index in [1.165, 1.54) is 6.07 Å². The van der Waals surface area contributed by atoms with Crippen molar-refractivity contribution >= 4 is 22.7 Å². The molecule has 0 unspecified atom stereocenters. The zero-order chi connectivity index (χ0) is 16.0. The van der Waals surface area contributed by atoms with Gasteiger partial charge in [-0.3, -0.25) is 19.7 Å². The SMILES string of the molecule is Cc1cnc2n1-c1ccc([N+](=O)[O-])cc1C(c1cccs1)=NC2. The van der Waals surface area contributed by atoms with Crippen LogP contribution in [0, 0.1) is 17.0 Å². The van der Waals surface area contributed by atoms with Gasteiger partial charge in [0.15, 0.2) is 0 Å². The van der Waals surface area contributed by atoms with Gasteiger partial charge in [0, 0.05) is 29.6 Å². The number of nitro benzene ring substituents is 1. The normalized spacial score (nSPS) is 13.0. The van der Waals surface area contributed by atoms with E-state index in [1.54, 1.807) is 29.7 Å². The van der Waals surface area contributed by atoms with E-state index in [9.17, 15) is 10.1 Å². The molecule has 0 spiro atoms. The molecule has 0 radical (unpaired) electrons. The van der Waals surface area contributed by atoms with Gasteiger partial charge in [0.05, 0.1) is 27.7 Å². The molecule has 1 aliphatic heterocycles. The van der Waals surface area contributed by atoms with Crippen LogP contribution >= 0.6 is 11.3 Å². The highest BCUT2D eigenvalue weighted by molar-refractivity contribution is 7.12. The average Bonchev–Trinajstić information content (AvgIpc) is 3.15. The zero-order valence-electron chi connectivity index (χ0n) is 12.3. The summed E-state index contributed by atoms with van der Waals surface area (Å²) in [5, 5.41) is 13.2. The van der Waals surface area contributed by atoms with Crippen LogP contribution in [0.25, 0.3) is 5.69 Å². The summed E-state index contributed by atoms with van der Waals surface area (Å²) < 4.78 is 2.02. The summed E-state index contributed by atoms with van der Waals surface area (Å²) in [6.07, 6.45) is 1.80. The molecule has 0 saturated heterocycles. The Labute approximate surface area is 135 Å². The number of fused-ring (bicyclic) bond motifs is 3. The van der Waals surface area contributed by atoms with Crippen molar-refractivity contribution in [3.63, 3.8) is 0 Å². The number of aryl methyl sites for hydroxylation is 1. The third-order valence-corrected chi connectivity index (χ3v) is 4.71. The topological polar surface area (TPSA) is 73.3 Å². The molecule has 0 aliphatic carbocycles. The number of non-ortho nitro benzene ring substituents is 1. The molecule has 1 aromatic carbocycles. The van der Waals surface area contributed by atoms with Crippen molar-refractivity contribution in [2.45, 2.75) is 13.5 Å². The highest BCUT2D eigenvalue weighted by Gasteiger charge is 2.23. The summed E-state index contributed by atoms with van der Waals surface area (Å²) in [6.45, 7) is 2.42. The van der Waals surface area contributed by atoms with Crippen LogP contribution in [0.5, 0.6) is 0 Å². The number of hydrogen-bond donors (Lipinski definition) is 0. The molecular formula is C16H12N4O2S. The van der Waals surface area contributed by atoms with Crippen LogP contribution in [0.3, 0.4) is 0 Å². The van der Waals surface area contributed by atoms with Crippen molar-refractivity contribution in [2.24, 2.45) is 4.99 Å². The van der Waals surface area contributed by atoms with Crippen molar-refractivity contribution in [1.29, 1.82) is 0 Å². The molecule has 7 heteroatoms. The summed E-state index contributed by atoms with van der Waals surface area (Å²) in [5.74, 6) is 0.837. The van der Waals surface area contributed by atoms with E-state index in [-0.39, 0.29) is 10.6 Å². The number of aromatic nitrogens is 2. The molecule has 0 amide bonds. The quantitative estimate of drug-likeness (QED) is 0.535. The molecule has 2 aromatic heterocycles. The zero-order valence-corrected chi connectivity index (χ0v) is 13.1. The van der Waals surface area contributed by atoms with E-state index >= 15 is 0 Å². The molecule has 114 valence electrons. The van der Waals surface area contributed by atoms with E-state index in [4.69, 9.17) is 0 Å². The minimum absolute atomic E-state index is 0.0641. The Hall–Kier alpha value is -2.80. The molecule has 1 aliphatic rings. The first-order valence-corrected chi connectivity index (χ1v) is 7.94. The number of hydrogen-bond acceptors (Lipinski definition) is 5.